The van der Waals surface area contributed by atoms with Gasteiger partial charge in [0.15, 0.2) is 0 Å². The third-order valence-electron chi connectivity index (χ3n) is 4.50. The van der Waals surface area contributed by atoms with E-state index >= 15 is 0 Å². The summed E-state index contributed by atoms with van der Waals surface area (Å²) in [7, 11) is 0. The van der Waals surface area contributed by atoms with Crippen LogP contribution in [0.2, 0.25) is 10.0 Å². The monoisotopic (exact) mass is 491 g/mol. The molecule has 0 spiro atoms. The molecule has 0 saturated carbocycles. The molecular weight excluding hydrogens is 469 g/mol. The second kappa shape index (κ2) is 11.3. The first-order valence-electron chi connectivity index (χ1n) is 10.1. The molecule has 32 heavy (non-hydrogen) atoms. The highest BCUT2D eigenvalue weighted by molar-refractivity contribution is 7.18. The van der Waals surface area contributed by atoms with E-state index in [-0.39, 0.29) is 24.9 Å². The molecule has 2 N–H and O–H groups in total. The molecule has 168 valence electrons. The van der Waals surface area contributed by atoms with Crippen LogP contribution in [-0.4, -0.2) is 40.1 Å². The van der Waals surface area contributed by atoms with Gasteiger partial charge in [0.05, 0.1) is 10.7 Å². The molecule has 0 aliphatic rings. The Bertz CT molecular complexity index is 1110. The molecule has 0 bridgehead atoms. The van der Waals surface area contributed by atoms with Gasteiger partial charge >= 0.3 is 6.03 Å². The van der Waals surface area contributed by atoms with Crippen molar-refractivity contribution >= 4 is 57.3 Å². The van der Waals surface area contributed by atoms with Crippen molar-refractivity contribution in [2.24, 2.45) is 0 Å². The van der Waals surface area contributed by atoms with Gasteiger partial charge in [-0.25, -0.2) is 4.79 Å². The first kappa shape index (κ1) is 24.0. The number of aryl methyl sites for hydroxylation is 1. The Balaban J connectivity index is 1.56. The summed E-state index contributed by atoms with van der Waals surface area (Å²) in [6.07, 6.45) is 0.876. The maximum absolute atomic E-state index is 12.7. The van der Waals surface area contributed by atoms with Crippen LogP contribution in [0.1, 0.15) is 25.3 Å². The van der Waals surface area contributed by atoms with Gasteiger partial charge in [0.2, 0.25) is 11.0 Å². The number of rotatable bonds is 8. The number of carbonyl (C=O) groups is 2. The van der Waals surface area contributed by atoms with Gasteiger partial charge in [-0.3, -0.25) is 4.79 Å². The highest BCUT2D eigenvalue weighted by Gasteiger charge is 2.17. The van der Waals surface area contributed by atoms with Crippen molar-refractivity contribution in [1.29, 1.82) is 0 Å². The van der Waals surface area contributed by atoms with Crippen LogP contribution in [0.3, 0.4) is 0 Å². The summed E-state index contributed by atoms with van der Waals surface area (Å²) < 4.78 is 0. The van der Waals surface area contributed by atoms with E-state index in [0.717, 1.165) is 22.6 Å². The lowest BCUT2D eigenvalue weighted by atomic mass is 10.1. The summed E-state index contributed by atoms with van der Waals surface area (Å²) in [5.41, 5.74) is 2.54. The Hall–Kier alpha value is -2.68. The Morgan fingerprint density at radius 3 is 2.59 bits per heavy atom. The second-order valence-electron chi connectivity index (χ2n) is 7.12. The number of halogens is 2. The van der Waals surface area contributed by atoms with Gasteiger partial charge in [-0.1, -0.05) is 65.2 Å². The van der Waals surface area contributed by atoms with Gasteiger partial charge < -0.3 is 15.5 Å². The Labute approximate surface area is 200 Å². The van der Waals surface area contributed by atoms with E-state index in [2.05, 4.69) is 20.8 Å². The van der Waals surface area contributed by atoms with Crippen LogP contribution >= 0.6 is 34.5 Å². The van der Waals surface area contributed by atoms with Gasteiger partial charge in [0, 0.05) is 30.1 Å². The summed E-state index contributed by atoms with van der Waals surface area (Å²) in [6.45, 7) is 4.72. The zero-order valence-electron chi connectivity index (χ0n) is 17.7. The van der Waals surface area contributed by atoms with Gasteiger partial charge in [0.1, 0.15) is 5.01 Å². The summed E-state index contributed by atoms with van der Waals surface area (Å²) in [5, 5.41) is 15.7. The van der Waals surface area contributed by atoms with Crippen LogP contribution in [-0.2, 0) is 4.79 Å². The van der Waals surface area contributed by atoms with E-state index in [1.165, 1.54) is 11.3 Å². The predicted molar refractivity (Wildman–Crippen MR) is 131 cm³/mol. The second-order valence-corrected chi connectivity index (χ2v) is 8.94. The first-order valence-corrected chi connectivity index (χ1v) is 11.6. The molecule has 3 rings (SSSR count). The maximum atomic E-state index is 12.7. The third-order valence-corrected chi connectivity index (χ3v) is 5.93. The summed E-state index contributed by atoms with van der Waals surface area (Å²) >= 11 is 13.3. The molecule has 2 aromatic carbocycles. The number of carbonyl (C=O) groups excluding carboxylic acids is 2. The number of aromatic nitrogens is 2. The van der Waals surface area contributed by atoms with Crippen molar-refractivity contribution in [1.82, 2.24) is 15.1 Å². The number of benzene rings is 2. The van der Waals surface area contributed by atoms with Crippen LogP contribution < -0.4 is 10.6 Å². The van der Waals surface area contributed by atoms with E-state index < -0.39 is 0 Å². The number of nitrogens with zero attached hydrogens (tertiary/aromatic N) is 3. The average Bonchev–Trinajstić information content (AvgIpc) is 3.21. The van der Waals surface area contributed by atoms with Crippen LogP contribution in [0.4, 0.5) is 15.6 Å². The number of anilines is 2. The molecule has 0 fully saturated rings. The zero-order chi connectivity index (χ0) is 23.1. The van der Waals surface area contributed by atoms with Crippen LogP contribution in [0.5, 0.6) is 0 Å². The fraction of sp³-hybridized carbons (Fsp3) is 0.273. The standard InChI is InChI=1S/C22H23Cl2N5O2S/c1-3-10-29(22(31)25-18-8-7-16(23)13-17(18)24)11-9-19(30)26-21-28-27-20(32-21)15-6-4-5-14(2)12-15/h4-8,12-13H,3,9-11H2,1-2H3,(H,25,31)(H,26,28,30). The van der Waals surface area contributed by atoms with E-state index in [1.807, 2.05) is 38.1 Å². The van der Waals surface area contributed by atoms with E-state index in [0.29, 0.717) is 27.4 Å². The van der Waals surface area contributed by atoms with Crippen molar-refractivity contribution in [2.75, 3.05) is 23.7 Å². The fourth-order valence-corrected chi connectivity index (χ4v) is 4.17. The molecular formula is C22H23Cl2N5O2S. The number of nitrogens with one attached hydrogen (secondary N) is 2. The van der Waals surface area contributed by atoms with Gasteiger partial charge in [-0.2, -0.15) is 0 Å². The van der Waals surface area contributed by atoms with Crippen molar-refractivity contribution in [2.45, 2.75) is 26.7 Å². The van der Waals surface area contributed by atoms with Crippen molar-refractivity contribution < 1.29 is 9.59 Å². The first-order chi connectivity index (χ1) is 15.4. The number of urea groups is 1. The van der Waals surface area contributed by atoms with Crippen molar-refractivity contribution in [3.05, 3.63) is 58.1 Å². The van der Waals surface area contributed by atoms with Gasteiger partial charge in [-0.05, 0) is 37.6 Å². The Morgan fingerprint density at radius 2 is 1.88 bits per heavy atom. The number of hydrogen-bond donors (Lipinski definition) is 2. The molecule has 10 heteroatoms. The van der Waals surface area contributed by atoms with E-state index in [4.69, 9.17) is 23.2 Å². The lowest BCUT2D eigenvalue weighted by molar-refractivity contribution is -0.116. The Morgan fingerprint density at radius 1 is 1.06 bits per heavy atom. The highest BCUT2D eigenvalue weighted by Crippen LogP contribution is 2.27. The molecule has 0 unspecified atom stereocenters. The molecule has 1 heterocycles. The third kappa shape index (κ3) is 6.66. The van der Waals surface area contributed by atoms with E-state index in [9.17, 15) is 9.59 Å². The molecule has 0 aliphatic carbocycles. The molecule has 0 atom stereocenters. The smallest absolute Gasteiger partial charge is 0.321 e. The minimum Gasteiger partial charge on any atom is -0.324 e. The topological polar surface area (TPSA) is 87.2 Å². The molecule has 3 amide bonds. The summed E-state index contributed by atoms with van der Waals surface area (Å²) in [6, 6.07) is 12.4. The van der Waals surface area contributed by atoms with Crippen LogP contribution in [0, 0.1) is 6.92 Å². The molecule has 0 saturated heterocycles. The van der Waals surface area contributed by atoms with Gasteiger partial charge in [0.25, 0.3) is 0 Å². The summed E-state index contributed by atoms with van der Waals surface area (Å²) in [5.74, 6) is -0.240. The van der Waals surface area contributed by atoms with Crippen LogP contribution in [0.15, 0.2) is 42.5 Å². The lowest BCUT2D eigenvalue weighted by Gasteiger charge is -2.22. The quantitative estimate of drug-likeness (QED) is 0.398. The van der Waals surface area contributed by atoms with Crippen molar-refractivity contribution in [3.63, 3.8) is 0 Å². The predicted octanol–water partition coefficient (Wildman–Crippen LogP) is 6.09. The Kier molecular flexibility index (Phi) is 8.44. The van der Waals surface area contributed by atoms with Gasteiger partial charge in [-0.15, -0.1) is 10.2 Å². The fourth-order valence-electron chi connectivity index (χ4n) is 2.96. The molecule has 0 radical (unpaired) electrons. The molecule has 0 aliphatic heterocycles. The largest absolute Gasteiger partial charge is 0.324 e. The lowest BCUT2D eigenvalue weighted by Crippen LogP contribution is -2.37. The summed E-state index contributed by atoms with van der Waals surface area (Å²) in [4.78, 5) is 26.7. The maximum Gasteiger partial charge on any atom is 0.321 e. The number of amides is 3. The van der Waals surface area contributed by atoms with Crippen molar-refractivity contribution in [3.8, 4) is 10.6 Å². The van der Waals surface area contributed by atoms with Crippen LogP contribution in [0.25, 0.3) is 10.6 Å². The average molecular weight is 492 g/mol. The minimum atomic E-state index is -0.332. The SMILES string of the molecule is CCCN(CCC(=O)Nc1nnc(-c2cccc(C)c2)s1)C(=O)Nc1ccc(Cl)cc1Cl. The molecule has 7 nitrogen and oxygen atoms in total. The molecule has 3 aromatic rings. The highest BCUT2D eigenvalue weighted by atomic mass is 35.5. The zero-order valence-corrected chi connectivity index (χ0v) is 20.0. The molecule has 1 aromatic heterocycles. The minimum absolute atomic E-state index is 0.126. The number of hydrogen-bond acceptors (Lipinski definition) is 5. The van der Waals surface area contributed by atoms with E-state index in [1.54, 1.807) is 23.1 Å². The normalized spacial score (nSPS) is 10.6.